The number of nitrogens with zero attached hydrogens (tertiary/aromatic N) is 3. The Kier molecular flexibility index (Phi) is 8.36. The molecule has 1 aliphatic heterocycles. The molecule has 2 aromatic heterocycles. The number of rotatable bonds is 8. The van der Waals surface area contributed by atoms with Crippen molar-refractivity contribution < 1.29 is 4.79 Å². The van der Waals surface area contributed by atoms with Crippen LogP contribution in [0, 0.1) is 11.3 Å². The average molecular weight is 589 g/mol. The minimum absolute atomic E-state index is 0.0968. The third-order valence-electron chi connectivity index (χ3n) is 7.56. The van der Waals surface area contributed by atoms with Crippen molar-refractivity contribution in [1.29, 1.82) is 0 Å². The van der Waals surface area contributed by atoms with Gasteiger partial charge in [-0.25, -0.2) is 9.97 Å². The highest BCUT2D eigenvalue weighted by Gasteiger charge is 2.24. The Morgan fingerprint density at radius 3 is 2.46 bits per heavy atom. The minimum Gasteiger partial charge on any atom is -0.369 e. The van der Waals surface area contributed by atoms with E-state index in [-0.39, 0.29) is 11.3 Å². The molecule has 1 fully saturated rings. The van der Waals surface area contributed by atoms with E-state index in [0.717, 1.165) is 77.0 Å². The largest absolute Gasteiger partial charge is 0.369 e. The van der Waals surface area contributed by atoms with Gasteiger partial charge in [-0.05, 0) is 64.1 Å². The number of nitrogens with one attached hydrogen (secondary N) is 2. The smallest absolute Gasteiger partial charge is 0.220 e. The lowest BCUT2D eigenvalue weighted by molar-refractivity contribution is -0.121. The SMILES string of the molecule is CC(C)(C)CCC(=O)NCc1ccc(-c2nc3c(N4CCC(Cc5ccccc5)CC4)c(Br)cnc3[nH]2)cc1. The molecule has 0 unspecified atom stereocenters. The minimum atomic E-state index is 0.0968. The third-order valence-corrected chi connectivity index (χ3v) is 8.14. The van der Waals surface area contributed by atoms with Crippen LogP contribution in [-0.4, -0.2) is 33.9 Å². The van der Waals surface area contributed by atoms with Crippen LogP contribution in [0.5, 0.6) is 0 Å². The van der Waals surface area contributed by atoms with E-state index in [4.69, 9.17) is 4.98 Å². The van der Waals surface area contributed by atoms with Gasteiger partial charge in [-0.1, -0.05) is 75.4 Å². The van der Waals surface area contributed by atoms with Crippen molar-refractivity contribution in [2.24, 2.45) is 11.3 Å². The van der Waals surface area contributed by atoms with E-state index in [2.05, 4.69) is 99.4 Å². The molecule has 0 radical (unpaired) electrons. The van der Waals surface area contributed by atoms with Crippen LogP contribution in [0.25, 0.3) is 22.6 Å². The Morgan fingerprint density at radius 1 is 1.05 bits per heavy atom. The zero-order valence-electron chi connectivity index (χ0n) is 23.1. The Labute approximate surface area is 239 Å². The molecule has 0 aliphatic carbocycles. The number of pyridine rings is 1. The summed E-state index contributed by atoms with van der Waals surface area (Å²) in [5.74, 6) is 1.60. The average Bonchev–Trinajstić information content (AvgIpc) is 3.36. The highest BCUT2D eigenvalue weighted by molar-refractivity contribution is 9.10. The normalized spacial score (nSPS) is 14.6. The number of imidazole rings is 1. The highest BCUT2D eigenvalue weighted by atomic mass is 79.9. The van der Waals surface area contributed by atoms with Gasteiger partial charge in [-0.3, -0.25) is 4.79 Å². The van der Waals surface area contributed by atoms with Gasteiger partial charge < -0.3 is 15.2 Å². The number of carbonyl (C=O) groups excluding carboxylic acids is 1. The predicted octanol–water partition coefficient (Wildman–Crippen LogP) is 7.29. The van der Waals surface area contributed by atoms with Crippen molar-refractivity contribution in [2.45, 2.75) is 59.4 Å². The highest BCUT2D eigenvalue weighted by Crippen LogP contribution is 2.36. The molecule has 4 aromatic rings. The second-order valence-electron chi connectivity index (χ2n) is 11.9. The number of anilines is 1. The summed E-state index contributed by atoms with van der Waals surface area (Å²) in [5, 5.41) is 3.04. The first-order chi connectivity index (χ1) is 18.7. The number of amides is 1. The standard InChI is InChI=1S/C32H38BrN5O/c1-32(2,3)16-13-27(39)34-20-24-9-11-25(12-10-24)30-36-28-29(26(33)21-35-31(28)37-30)38-17-14-23(15-18-38)19-22-7-5-4-6-8-22/h4-12,21,23H,13-20H2,1-3H3,(H,34,39)(H,35,36,37). The summed E-state index contributed by atoms with van der Waals surface area (Å²) in [4.78, 5) is 27.7. The number of aromatic amines is 1. The lowest BCUT2D eigenvalue weighted by atomic mass is 9.90. The van der Waals surface area contributed by atoms with Crippen LogP contribution in [0.1, 0.15) is 57.6 Å². The summed E-state index contributed by atoms with van der Waals surface area (Å²) in [7, 11) is 0. The maximum Gasteiger partial charge on any atom is 0.220 e. The fraction of sp³-hybridized carbons (Fsp3) is 0.406. The Hall–Kier alpha value is -3.19. The number of benzene rings is 2. The van der Waals surface area contributed by atoms with Gasteiger partial charge in [0.1, 0.15) is 11.3 Å². The lowest BCUT2D eigenvalue weighted by Crippen LogP contribution is -2.34. The molecule has 6 nitrogen and oxygen atoms in total. The number of H-pyrrole nitrogens is 1. The van der Waals surface area contributed by atoms with Crippen LogP contribution in [0.2, 0.25) is 0 Å². The van der Waals surface area contributed by atoms with Gasteiger partial charge in [-0.15, -0.1) is 0 Å². The molecule has 1 amide bonds. The van der Waals surface area contributed by atoms with Crippen LogP contribution < -0.4 is 10.2 Å². The van der Waals surface area contributed by atoms with Crippen LogP contribution in [-0.2, 0) is 17.8 Å². The number of halogens is 1. The van der Waals surface area contributed by atoms with Crippen molar-refractivity contribution in [3.8, 4) is 11.4 Å². The van der Waals surface area contributed by atoms with Crippen LogP contribution in [0.15, 0.2) is 65.3 Å². The summed E-state index contributed by atoms with van der Waals surface area (Å²) in [6.45, 7) is 9.01. The molecule has 39 heavy (non-hydrogen) atoms. The van der Waals surface area contributed by atoms with E-state index in [1.54, 1.807) is 0 Å². The zero-order chi connectivity index (χ0) is 27.4. The molecular weight excluding hydrogens is 550 g/mol. The van der Waals surface area contributed by atoms with E-state index >= 15 is 0 Å². The van der Waals surface area contributed by atoms with Gasteiger partial charge in [0.25, 0.3) is 0 Å². The number of fused-ring (bicyclic) bond motifs is 1. The van der Waals surface area contributed by atoms with Crippen LogP contribution >= 0.6 is 15.9 Å². The lowest BCUT2D eigenvalue weighted by Gasteiger charge is -2.34. The Bertz CT molecular complexity index is 1400. The zero-order valence-corrected chi connectivity index (χ0v) is 24.7. The van der Waals surface area contributed by atoms with Crippen molar-refractivity contribution >= 4 is 38.7 Å². The van der Waals surface area contributed by atoms with Gasteiger partial charge in [0.05, 0.1) is 10.2 Å². The molecule has 1 saturated heterocycles. The topological polar surface area (TPSA) is 73.9 Å². The molecule has 2 aromatic carbocycles. The number of hydrogen-bond acceptors (Lipinski definition) is 4. The summed E-state index contributed by atoms with van der Waals surface area (Å²) in [5.41, 5.74) is 6.47. The maximum atomic E-state index is 12.2. The molecular formula is C32H38BrN5O. The molecule has 2 N–H and O–H groups in total. The van der Waals surface area contributed by atoms with E-state index < -0.39 is 0 Å². The van der Waals surface area contributed by atoms with Crippen LogP contribution in [0.3, 0.4) is 0 Å². The number of hydrogen-bond donors (Lipinski definition) is 2. The van der Waals surface area contributed by atoms with Crippen LogP contribution in [0.4, 0.5) is 5.69 Å². The first-order valence-corrected chi connectivity index (χ1v) is 14.7. The summed E-state index contributed by atoms with van der Waals surface area (Å²) >= 11 is 3.76. The third kappa shape index (κ3) is 7.07. The van der Waals surface area contributed by atoms with Gasteiger partial charge in [0.2, 0.25) is 5.91 Å². The number of carbonyl (C=O) groups is 1. The summed E-state index contributed by atoms with van der Waals surface area (Å²) < 4.78 is 0.979. The monoisotopic (exact) mass is 587 g/mol. The predicted molar refractivity (Wildman–Crippen MR) is 163 cm³/mol. The van der Waals surface area contributed by atoms with Gasteiger partial charge in [-0.2, -0.15) is 0 Å². The molecule has 0 saturated carbocycles. The first kappa shape index (κ1) is 27.4. The maximum absolute atomic E-state index is 12.2. The molecule has 1 aliphatic rings. The fourth-order valence-electron chi connectivity index (χ4n) is 5.22. The van der Waals surface area contributed by atoms with E-state index in [0.29, 0.717) is 18.9 Å². The Balaban J connectivity index is 1.24. The van der Waals surface area contributed by atoms with Gasteiger partial charge >= 0.3 is 0 Å². The molecule has 7 heteroatoms. The van der Waals surface area contributed by atoms with E-state index in [9.17, 15) is 4.79 Å². The second-order valence-corrected chi connectivity index (χ2v) is 12.7. The number of piperidine rings is 1. The van der Waals surface area contributed by atoms with Crippen molar-refractivity contribution in [3.63, 3.8) is 0 Å². The molecule has 0 spiro atoms. The fourth-order valence-corrected chi connectivity index (χ4v) is 5.76. The summed E-state index contributed by atoms with van der Waals surface area (Å²) in [6, 6.07) is 19.0. The number of aromatic nitrogens is 3. The van der Waals surface area contributed by atoms with E-state index in [1.807, 2.05) is 18.3 Å². The molecule has 0 bridgehead atoms. The molecule has 5 rings (SSSR count). The Morgan fingerprint density at radius 2 is 1.77 bits per heavy atom. The van der Waals surface area contributed by atoms with Crippen molar-refractivity contribution in [2.75, 3.05) is 18.0 Å². The molecule has 3 heterocycles. The first-order valence-electron chi connectivity index (χ1n) is 13.9. The van der Waals surface area contributed by atoms with Gasteiger partial charge in [0.15, 0.2) is 5.65 Å². The van der Waals surface area contributed by atoms with Gasteiger partial charge in [0, 0.05) is 37.8 Å². The molecule has 0 atom stereocenters. The summed E-state index contributed by atoms with van der Waals surface area (Å²) in [6.07, 6.45) is 6.77. The van der Waals surface area contributed by atoms with Crippen molar-refractivity contribution in [1.82, 2.24) is 20.3 Å². The second kappa shape index (κ2) is 11.9. The quantitative estimate of drug-likeness (QED) is 0.227. The van der Waals surface area contributed by atoms with E-state index in [1.165, 1.54) is 5.56 Å². The van der Waals surface area contributed by atoms with Crippen molar-refractivity contribution in [3.05, 3.63) is 76.4 Å². The molecule has 204 valence electrons.